The highest BCUT2D eigenvalue weighted by Gasteiger charge is 2.27. The van der Waals surface area contributed by atoms with Crippen LogP contribution < -0.4 is 5.73 Å². The molecule has 1 heterocycles. The molecule has 0 bridgehead atoms. The number of amidine groups is 1. The van der Waals surface area contributed by atoms with Gasteiger partial charge in [-0.05, 0) is 5.92 Å². The van der Waals surface area contributed by atoms with E-state index in [1.54, 1.807) is 0 Å². The first-order valence-electron chi connectivity index (χ1n) is 3.16. The van der Waals surface area contributed by atoms with E-state index in [1.807, 2.05) is 13.8 Å². The van der Waals surface area contributed by atoms with Gasteiger partial charge in [0.05, 0.1) is 5.25 Å². The number of rotatable bonds is 1. The van der Waals surface area contributed by atoms with Crippen molar-refractivity contribution in [2.75, 3.05) is 0 Å². The summed E-state index contributed by atoms with van der Waals surface area (Å²) in [6.07, 6.45) is 0. The fourth-order valence-corrected chi connectivity index (χ4v) is 1.66. The van der Waals surface area contributed by atoms with Gasteiger partial charge in [-0.25, -0.2) is 0 Å². The Morgan fingerprint density at radius 2 is 2.30 bits per heavy atom. The standard InChI is InChI=1S/C6H10N2OS/c1-3(2)4-5(7)8-6(9)10-4/h3-4H,1-2H3,(H2,7,8,9). The molecule has 1 amide bonds. The molecule has 0 radical (unpaired) electrons. The first-order valence-corrected chi connectivity index (χ1v) is 4.04. The van der Waals surface area contributed by atoms with Crippen molar-refractivity contribution < 1.29 is 4.79 Å². The van der Waals surface area contributed by atoms with Crippen molar-refractivity contribution in [1.29, 1.82) is 0 Å². The molecule has 3 nitrogen and oxygen atoms in total. The van der Waals surface area contributed by atoms with Gasteiger partial charge >= 0.3 is 5.24 Å². The quantitative estimate of drug-likeness (QED) is 0.624. The lowest BCUT2D eigenvalue weighted by atomic mass is 10.1. The van der Waals surface area contributed by atoms with Crippen molar-refractivity contribution >= 4 is 22.8 Å². The summed E-state index contributed by atoms with van der Waals surface area (Å²) in [4.78, 5) is 14.3. The molecule has 1 atom stereocenters. The molecule has 56 valence electrons. The minimum Gasteiger partial charge on any atom is -0.386 e. The highest BCUT2D eigenvalue weighted by Crippen LogP contribution is 2.26. The highest BCUT2D eigenvalue weighted by molar-refractivity contribution is 8.15. The van der Waals surface area contributed by atoms with Crippen LogP contribution in [-0.2, 0) is 0 Å². The minimum absolute atomic E-state index is 0.104. The maximum Gasteiger partial charge on any atom is 0.307 e. The Kier molecular flexibility index (Phi) is 1.99. The Balaban J connectivity index is 2.68. The first kappa shape index (κ1) is 7.60. The van der Waals surface area contributed by atoms with Gasteiger partial charge < -0.3 is 5.73 Å². The van der Waals surface area contributed by atoms with Gasteiger partial charge in [-0.2, -0.15) is 4.99 Å². The van der Waals surface area contributed by atoms with E-state index in [-0.39, 0.29) is 10.5 Å². The third-order valence-corrected chi connectivity index (χ3v) is 2.68. The Labute approximate surface area is 64.1 Å². The number of hydrogen-bond donors (Lipinski definition) is 1. The minimum atomic E-state index is -0.156. The van der Waals surface area contributed by atoms with Crippen LogP contribution in [0.5, 0.6) is 0 Å². The molecule has 0 fully saturated rings. The fourth-order valence-electron chi connectivity index (χ4n) is 0.842. The summed E-state index contributed by atoms with van der Waals surface area (Å²) in [6.45, 7) is 4.05. The van der Waals surface area contributed by atoms with E-state index in [9.17, 15) is 4.79 Å². The molecule has 0 aliphatic carbocycles. The summed E-state index contributed by atoms with van der Waals surface area (Å²) >= 11 is 1.21. The lowest BCUT2D eigenvalue weighted by Gasteiger charge is -2.10. The zero-order valence-electron chi connectivity index (χ0n) is 6.00. The van der Waals surface area contributed by atoms with Crippen LogP contribution in [-0.4, -0.2) is 16.3 Å². The number of carbonyl (C=O) groups excluding carboxylic acids is 1. The second-order valence-electron chi connectivity index (χ2n) is 2.59. The Morgan fingerprint density at radius 1 is 1.70 bits per heavy atom. The average molecular weight is 158 g/mol. The summed E-state index contributed by atoms with van der Waals surface area (Å²) in [5.41, 5.74) is 5.48. The predicted octanol–water partition coefficient (Wildman–Crippen LogP) is 1.24. The van der Waals surface area contributed by atoms with Crippen molar-refractivity contribution in [3.8, 4) is 0 Å². The summed E-state index contributed by atoms with van der Waals surface area (Å²) in [7, 11) is 0. The van der Waals surface area contributed by atoms with Crippen LogP contribution in [0.15, 0.2) is 4.99 Å². The summed E-state index contributed by atoms with van der Waals surface area (Å²) in [5, 5.41) is -0.0521. The number of amides is 1. The van der Waals surface area contributed by atoms with Gasteiger partial charge in [-0.15, -0.1) is 0 Å². The second kappa shape index (κ2) is 2.62. The number of aliphatic imine (C=N–C) groups is 1. The van der Waals surface area contributed by atoms with Crippen molar-refractivity contribution in [1.82, 2.24) is 0 Å². The van der Waals surface area contributed by atoms with Gasteiger partial charge in [-0.3, -0.25) is 4.79 Å². The number of nitrogens with zero attached hydrogens (tertiary/aromatic N) is 1. The van der Waals surface area contributed by atoms with Crippen molar-refractivity contribution in [2.24, 2.45) is 16.6 Å². The third kappa shape index (κ3) is 1.31. The van der Waals surface area contributed by atoms with Crippen LogP contribution in [0.1, 0.15) is 13.8 Å². The average Bonchev–Trinajstić information content (AvgIpc) is 2.10. The number of hydrogen-bond acceptors (Lipinski definition) is 3. The molecule has 0 saturated heterocycles. The van der Waals surface area contributed by atoms with Gasteiger partial charge in [0.25, 0.3) is 0 Å². The Bertz CT molecular complexity index is 188. The zero-order chi connectivity index (χ0) is 7.72. The molecule has 1 rings (SSSR count). The SMILES string of the molecule is CC(C)C1SC(=O)N=C1N. The predicted molar refractivity (Wildman–Crippen MR) is 43.2 cm³/mol. The molecule has 2 N–H and O–H groups in total. The molecule has 0 saturated carbocycles. The second-order valence-corrected chi connectivity index (χ2v) is 3.68. The molecule has 0 aromatic heterocycles. The molecular formula is C6H10N2OS. The van der Waals surface area contributed by atoms with E-state index in [4.69, 9.17) is 5.73 Å². The molecule has 1 aliphatic heterocycles. The van der Waals surface area contributed by atoms with Gasteiger partial charge in [0.15, 0.2) is 0 Å². The Morgan fingerprint density at radius 3 is 2.50 bits per heavy atom. The normalized spacial score (nSPS) is 25.7. The molecular weight excluding hydrogens is 148 g/mol. The molecule has 4 heteroatoms. The lowest BCUT2D eigenvalue weighted by molar-refractivity contribution is 0.268. The highest BCUT2D eigenvalue weighted by atomic mass is 32.2. The summed E-state index contributed by atoms with van der Waals surface area (Å²) in [6, 6.07) is 0. The lowest BCUT2D eigenvalue weighted by Crippen LogP contribution is -2.26. The Hall–Kier alpha value is -0.510. The van der Waals surface area contributed by atoms with Crippen molar-refractivity contribution in [2.45, 2.75) is 19.1 Å². The zero-order valence-corrected chi connectivity index (χ0v) is 6.81. The summed E-state index contributed by atoms with van der Waals surface area (Å²) in [5.74, 6) is 0.866. The third-order valence-electron chi connectivity index (χ3n) is 1.35. The summed E-state index contributed by atoms with van der Waals surface area (Å²) < 4.78 is 0. The topological polar surface area (TPSA) is 55.5 Å². The molecule has 1 unspecified atom stereocenters. The van der Waals surface area contributed by atoms with Crippen molar-refractivity contribution in [3.63, 3.8) is 0 Å². The van der Waals surface area contributed by atoms with E-state index >= 15 is 0 Å². The monoisotopic (exact) mass is 158 g/mol. The molecule has 1 aliphatic rings. The molecule has 0 spiro atoms. The van der Waals surface area contributed by atoms with E-state index in [0.717, 1.165) is 0 Å². The van der Waals surface area contributed by atoms with Crippen LogP contribution >= 0.6 is 11.8 Å². The smallest absolute Gasteiger partial charge is 0.307 e. The van der Waals surface area contributed by atoms with Crippen LogP contribution in [0.25, 0.3) is 0 Å². The van der Waals surface area contributed by atoms with E-state index in [2.05, 4.69) is 4.99 Å². The van der Waals surface area contributed by atoms with Crippen LogP contribution in [0.2, 0.25) is 0 Å². The number of thioether (sulfide) groups is 1. The first-order chi connectivity index (χ1) is 4.61. The van der Waals surface area contributed by atoms with Crippen LogP contribution in [0.4, 0.5) is 4.79 Å². The fraction of sp³-hybridized carbons (Fsp3) is 0.667. The number of nitrogens with two attached hydrogens (primary N) is 1. The van der Waals surface area contributed by atoms with Gasteiger partial charge in [0.2, 0.25) is 0 Å². The largest absolute Gasteiger partial charge is 0.386 e. The van der Waals surface area contributed by atoms with E-state index in [1.165, 1.54) is 11.8 Å². The van der Waals surface area contributed by atoms with Crippen LogP contribution in [0.3, 0.4) is 0 Å². The number of carbonyl (C=O) groups is 1. The molecule has 10 heavy (non-hydrogen) atoms. The van der Waals surface area contributed by atoms with E-state index in [0.29, 0.717) is 11.8 Å². The molecule has 0 aromatic rings. The molecule has 0 aromatic carbocycles. The van der Waals surface area contributed by atoms with Crippen LogP contribution in [0, 0.1) is 5.92 Å². The maximum atomic E-state index is 10.7. The maximum absolute atomic E-state index is 10.7. The van der Waals surface area contributed by atoms with E-state index < -0.39 is 0 Å². The van der Waals surface area contributed by atoms with Crippen molar-refractivity contribution in [3.05, 3.63) is 0 Å². The van der Waals surface area contributed by atoms with Gasteiger partial charge in [0, 0.05) is 0 Å². The van der Waals surface area contributed by atoms with Gasteiger partial charge in [-0.1, -0.05) is 25.6 Å². The van der Waals surface area contributed by atoms with Gasteiger partial charge in [0.1, 0.15) is 5.84 Å².